The number of likely N-dealkylation sites (tertiary alicyclic amines) is 1. The average molecular weight is 375 g/mol. The number of methoxy groups -OCH3 is 1. The van der Waals surface area contributed by atoms with Crippen molar-refractivity contribution in [3.05, 3.63) is 35.3 Å². The fourth-order valence-corrected chi connectivity index (χ4v) is 4.42. The minimum Gasteiger partial charge on any atom is -0.495 e. The van der Waals surface area contributed by atoms with Crippen molar-refractivity contribution in [3.8, 4) is 5.75 Å². The number of aromatic nitrogens is 1. The van der Waals surface area contributed by atoms with Gasteiger partial charge in [-0.05, 0) is 37.8 Å². The first-order chi connectivity index (χ1) is 12.7. The maximum absolute atomic E-state index is 12.3. The molecule has 2 aromatic rings. The number of benzene rings is 1. The number of carbonyl (C=O) groups excluding carboxylic acids is 1. The number of amides is 1. The molecule has 0 spiro atoms. The second-order valence-electron chi connectivity index (χ2n) is 6.84. The zero-order chi connectivity index (χ0) is 18.4. The number of carbonyl (C=O) groups is 1. The Labute approximate surface area is 159 Å². The van der Waals surface area contributed by atoms with Gasteiger partial charge in [-0.3, -0.25) is 9.69 Å². The minimum atomic E-state index is -0.0611. The minimum absolute atomic E-state index is 0.0611. The summed E-state index contributed by atoms with van der Waals surface area (Å²) >= 11 is 1.52. The van der Waals surface area contributed by atoms with Crippen molar-refractivity contribution < 1.29 is 14.4 Å². The van der Waals surface area contributed by atoms with Gasteiger partial charge in [-0.1, -0.05) is 18.6 Å². The normalized spacial score (nSPS) is 15.9. The third-order valence-electron chi connectivity index (χ3n) is 4.86. The second-order valence-corrected chi connectivity index (χ2v) is 7.68. The van der Waals surface area contributed by atoms with Crippen molar-refractivity contribution in [1.29, 1.82) is 0 Å². The number of para-hydroxylation sites is 2. The van der Waals surface area contributed by atoms with Gasteiger partial charge in [-0.15, -0.1) is 11.3 Å². The Balaban J connectivity index is 1.78. The molecule has 1 N–H and O–H groups in total. The number of hydrogen-bond donors (Lipinski definition) is 1. The van der Waals surface area contributed by atoms with E-state index in [0.717, 1.165) is 17.9 Å². The van der Waals surface area contributed by atoms with E-state index >= 15 is 0 Å². The maximum atomic E-state index is 12.3. The van der Waals surface area contributed by atoms with Crippen molar-refractivity contribution in [1.82, 2.24) is 4.98 Å². The third-order valence-corrected chi connectivity index (χ3v) is 5.74. The van der Waals surface area contributed by atoms with E-state index in [4.69, 9.17) is 9.72 Å². The summed E-state index contributed by atoms with van der Waals surface area (Å²) in [6.07, 6.45) is 6.66. The lowest BCUT2D eigenvalue weighted by Gasteiger charge is -2.21. The predicted molar refractivity (Wildman–Crippen MR) is 105 cm³/mol. The molecular weight excluding hydrogens is 346 g/mol. The van der Waals surface area contributed by atoms with Crippen LogP contribution in [0.5, 0.6) is 5.75 Å². The van der Waals surface area contributed by atoms with Crippen molar-refractivity contribution >= 4 is 28.1 Å². The fourth-order valence-electron chi connectivity index (χ4n) is 3.54. The van der Waals surface area contributed by atoms with Crippen molar-refractivity contribution in [2.45, 2.75) is 45.6 Å². The Kier molecular flexibility index (Phi) is 6.63. The number of anilines is 2. The smallest absolute Gasteiger partial charge is 0.230 e. The molecule has 1 amide bonds. The first-order valence-corrected chi connectivity index (χ1v) is 10.3. The molecule has 1 aromatic carbocycles. The standard InChI is InChI=1S/C20H27N3O2S/c1-16(24)23(18-10-6-7-11-19(18)25-2)20-21-17(15-26-20)14-22-12-8-4-3-5-9-13-22/h6-7,10-11,15H,3-5,8-9,12-14H2,1-2H3/p+1. The van der Waals surface area contributed by atoms with Gasteiger partial charge in [-0.2, -0.15) is 0 Å². The number of ether oxygens (including phenoxy) is 1. The molecule has 0 atom stereocenters. The highest BCUT2D eigenvalue weighted by atomic mass is 32.1. The van der Waals surface area contributed by atoms with Crippen LogP contribution in [0.15, 0.2) is 29.6 Å². The zero-order valence-corrected chi connectivity index (χ0v) is 16.5. The van der Waals surface area contributed by atoms with Gasteiger partial charge in [0, 0.05) is 12.3 Å². The molecule has 0 aliphatic carbocycles. The molecule has 26 heavy (non-hydrogen) atoms. The predicted octanol–water partition coefficient (Wildman–Crippen LogP) is 3.19. The Bertz CT molecular complexity index is 723. The van der Waals surface area contributed by atoms with Crippen LogP contribution in [0, 0.1) is 0 Å². The summed E-state index contributed by atoms with van der Waals surface area (Å²) < 4.78 is 5.43. The van der Waals surface area contributed by atoms with Gasteiger partial charge in [0.05, 0.1) is 25.9 Å². The molecule has 3 rings (SSSR count). The third kappa shape index (κ3) is 4.62. The average Bonchev–Trinajstić information content (AvgIpc) is 3.05. The lowest BCUT2D eigenvalue weighted by molar-refractivity contribution is -0.915. The summed E-state index contributed by atoms with van der Waals surface area (Å²) in [7, 11) is 1.62. The van der Waals surface area contributed by atoms with Gasteiger partial charge >= 0.3 is 0 Å². The maximum Gasteiger partial charge on any atom is 0.230 e. The van der Waals surface area contributed by atoms with Crippen molar-refractivity contribution in [3.63, 3.8) is 0 Å². The number of thiazole rings is 1. The SMILES string of the molecule is COc1ccccc1N(C(C)=O)c1nc(C[NH+]2CCCCCCC2)cs1. The number of quaternary nitrogens is 1. The summed E-state index contributed by atoms with van der Waals surface area (Å²) in [6, 6.07) is 7.57. The van der Waals surface area contributed by atoms with Gasteiger partial charge < -0.3 is 9.64 Å². The Morgan fingerprint density at radius 1 is 1.19 bits per heavy atom. The lowest BCUT2D eigenvalue weighted by atomic mass is 10.1. The van der Waals surface area contributed by atoms with E-state index in [1.807, 2.05) is 24.3 Å². The van der Waals surface area contributed by atoms with E-state index in [9.17, 15) is 4.79 Å². The highest BCUT2D eigenvalue weighted by molar-refractivity contribution is 7.14. The highest BCUT2D eigenvalue weighted by Gasteiger charge is 2.22. The van der Waals surface area contributed by atoms with E-state index in [2.05, 4.69) is 5.38 Å². The van der Waals surface area contributed by atoms with Crippen LogP contribution in [0.3, 0.4) is 0 Å². The van der Waals surface area contributed by atoms with Gasteiger partial charge in [-0.25, -0.2) is 4.98 Å². The summed E-state index contributed by atoms with van der Waals surface area (Å²) in [5.74, 6) is 0.614. The molecule has 5 nitrogen and oxygen atoms in total. The molecule has 1 aromatic heterocycles. The van der Waals surface area contributed by atoms with Crippen LogP contribution < -0.4 is 14.5 Å². The van der Waals surface area contributed by atoms with E-state index in [1.165, 1.54) is 56.5 Å². The van der Waals surface area contributed by atoms with Gasteiger partial charge in [0.2, 0.25) is 5.91 Å². The highest BCUT2D eigenvalue weighted by Crippen LogP contribution is 2.35. The summed E-state index contributed by atoms with van der Waals surface area (Å²) in [4.78, 5) is 20.4. The van der Waals surface area contributed by atoms with Crippen LogP contribution in [0.1, 0.15) is 44.7 Å². The molecule has 1 aliphatic rings. The van der Waals surface area contributed by atoms with Crippen LogP contribution in [-0.4, -0.2) is 31.1 Å². The first kappa shape index (κ1) is 18.9. The Morgan fingerprint density at radius 2 is 1.88 bits per heavy atom. The van der Waals surface area contributed by atoms with E-state index < -0.39 is 0 Å². The lowest BCUT2D eigenvalue weighted by Crippen LogP contribution is -3.10. The zero-order valence-electron chi connectivity index (χ0n) is 15.7. The quantitative estimate of drug-likeness (QED) is 0.874. The van der Waals surface area contributed by atoms with Crippen LogP contribution in [0.4, 0.5) is 10.8 Å². The van der Waals surface area contributed by atoms with E-state index in [-0.39, 0.29) is 5.91 Å². The molecule has 0 bridgehead atoms. The molecule has 6 heteroatoms. The molecule has 0 radical (unpaired) electrons. The summed E-state index contributed by atoms with van der Waals surface area (Å²) in [5, 5.41) is 2.80. The molecular formula is C20H28N3O2S+. The summed E-state index contributed by atoms with van der Waals surface area (Å²) in [6.45, 7) is 4.94. The second kappa shape index (κ2) is 9.14. The van der Waals surface area contributed by atoms with Gasteiger partial charge in [0.1, 0.15) is 18.0 Å². The van der Waals surface area contributed by atoms with Crippen LogP contribution in [-0.2, 0) is 11.3 Å². The van der Waals surface area contributed by atoms with Gasteiger partial charge in [0.25, 0.3) is 0 Å². The van der Waals surface area contributed by atoms with E-state index in [1.54, 1.807) is 23.8 Å². The Hall–Kier alpha value is -1.92. The van der Waals surface area contributed by atoms with Crippen LogP contribution in [0.2, 0.25) is 0 Å². The molecule has 1 aliphatic heterocycles. The largest absolute Gasteiger partial charge is 0.495 e. The number of nitrogens with one attached hydrogen (secondary N) is 1. The van der Waals surface area contributed by atoms with Crippen molar-refractivity contribution in [2.75, 3.05) is 25.1 Å². The van der Waals surface area contributed by atoms with Crippen LogP contribution in [0.25, 0.3) is 0 Å². The molecule has 1 fully saturated rings. The monoisotopic (exact) mass is 374 g/mol. The Morgan fingerprint density at radius 3 is 2.58 bits per heavy atom. The molecule has 1 saturated heterocycles. The van der Waals surface area contributed by atoms with Gasteiger partial charge in [0.15, 0.2) is 5.13 Å². The number of nitrogens with zero attached hydrogens (tertiary/aromatic N) is 2. The molecule has 2 heterocycles. The molecule has 0 saturated carbocycles. The van der Waals surface area contributed by atoms with E-state index in [0.29, 0.717) is 10.9 Å². The van der Waals surface area contributed by atoms with Crippen molar-refractivity contribution in [2.24, 2.45) is 0 Å². The number of hydrogen-bond acceptors (Lipinski definition) is 4. The summed E-state index contributed by atoms with van der Waals surface area (Å²) in [5.41, 5.74) is 1.81. The number of rotatable bonds is 5. The fraction of sp³-hybridized carbons (Fsp3) is 0.500. The first-order valence-electron chi connectivity index (χ1n) is 9.40. The molecule has 0 unspecified atom stereocenters. The molecule has 140 valence electrons. The van der Waals surface area contributed by atoms with Crippen LogP contribution >= 0.6 is 11.3 Å². The topological polar surface area (TPSA) is 46.9 Å².